The van der Waals surface area contributed by atoms with Crippen LogP contribution in [-0.4, -0.2) is 39.2 Å². The van der Waals surface area contributed by atoms with Crippen LogP contribution in [-0.2, 0) is 0 Å². The van der Waals surface area contributed by atoms with Gasteiger partial charge in [0.1, 0.15) is 5.82 Å². The lowest BCUT2D eigenvalue weighted by Crippen LogP contribution is -2.55. The van der Waals surface area contributed by atoms with Crippen molar-refractivity contribution >= 4 is 16.9 Å². The van der Waals surface area contributed by atoms with Crippen molar-refractivity contribution in [3.63, 3.8) is 0 Å². The van der Waals surface area contributed by atoms with Gasteiger partial charge in [0.2, 0.25) is 0 Å². The summed E-state index contributed by atoms with van der Waals surface area (Å²) in [4.78, 5) is 6.78. The minimum Gasteiger partial charge on any atom is -0.369 e. The predicted molar refractivity (Wildman–Crippen MR) is 105 cm³/mol. The first kappa shape index (κ1) is 17.6. The summed E-state index contributed by atoms with van der Waals surface area (Å²) in [5, 5.41) is 12.9. The number of hydrogen-bond acceptors (Lipinski definition) is 4. The number of aliphatic hydroxyl groups is 1. The van der Waals surface area contributed by atoms with Gasteiger partial charge >= 0.3 is 0 Å². The van der Waals surface area contributed by atoms with Gasteiger partial charge in [0.05, 0.1) is 11.2 Å². The molecular weight excluding hydrogens is 347 g/mol. The first-order valence-electron chi connectivity index (χ1n) is 9.12. The Balaban J connectivity index is 1.86. The Morgan fingerprint density at radius 2 is 1.81 bits per heavy atom. The van der Waals surface area contributed by atoms with E-state index in [0.29, 0.717) is 0 Å². The van der Waals surface area contributed by atoms with Gasteiger partial charge in [-0.2, -0.15) is 0 Å². The topological polar surface area (TPSA) is 35.8 Å². The highest BCUT2D eigenvalue weighted by atomic mass is 32.2. The van der Waals surface area contributed by atoms with E-state index in [1.807, 2.05) is 30.3 Å². The quantitative estimate of drug-likeness (QED) is 0.878. The van der Waals surface area contributed by atoms with Crippen molar-refractivity contribution in [2.24, 2.45) is 4.99 Å². The summed E-state index contributed by atoms with van der Waals surface area (Å²) in [5.41, 5.74) is 0.838. The van der Waals surface area contributed by atoms with Crippen molar-refractivity contribution < 1.29 is 9.50 Å². The third-order valence-electron chi connectivity index (χ3n) is 5.34. The molecule has 2 aliphatic heterocycles. The zero-order chi connectivity index (χ0) is 18.1. The smallest absolute Gasteiger partial charge is 0.162 e. The van der Waals surface area contributed by atoms with Crippen LogP contribution in [0.1, 0.15) is 36.8 Å². The summed E-state index contributed by atoms with van der Waals surface area (Å²) in [6.07, 6.45) is 2.05. The van der Waals surface area contributed by atoms with Crippen LogP contribution in [0, 0.1) is 5.82 Å². The van der Waals surface area contributed by atoms with E-state index < -0.39 is 5.72 Å². The molecule has 2 aliphatic rings. The fourth-order valence-corrected chi connectivity index (χ4v) is 5.29. The van der Waals surface area contributed by atoms with Gasteiger partial charge in [0, 0.05) is 13.1 Å². The van der Waals surface area contributed by atoms with Gasteiger partial charge in [0.15, 0.2) is 10.9 Å². The third kappa shape index (κ3) is 2.93. The molecule has 0 bridgehead atoms. The summed E-state index contributed by atoms with van der Waals surface area (Å²) in [6.45, 7) is 3.66. The Labute approximate surface area is 157 Å². The summed E-state index contributed by atoms with van der Waals surface area (Å²) >= 11 is 1.64. The second-order valence-corrected chi connectivity index (χ2v) is 8.27. The van der Waals surface area contributed by atoms with Crippen molar-refractivity contribution in [2.75, 3.05) is 13.1 Å². The first-order chi connectivity index (χ1) is 12.6. The minimum absolute atomic E-state index is 0.0467. The molecular formula is C21H23FN2OS. The molecule has 26 heavy (non-hydrogen) atoms. The Morgan fingerprint density at radius 3 is 2.54 bits per heavy atom. The molecule has 3 nitrogen and oxygen atoms in total. The highest BCUT2D eigenvalue weighted by Crippen LogP contribution is 2.49. The van der Waals surface area contributed by atoms with E-state index in [2.05, 4.69) is 11.8 Å². The van der Waals surface area contributed by atoms with E-state index in [-0.39, 0.29) is 17.0 Å². The molecule has 5 heteroatoms. The second kappa shape index (κ2) is 7.05. The molecule has 4 rings (SSSR count). The van der Waals surface area contributed by atoms with Crippen molar-refractivity contribution in [3.05, 3.63) is 71.5 Å². The molecule has 0 amide bonds. The SMILES string of the molecule is CC1SC2=NCCCCN2C1(O)C(c1ccccc1)c1ccc(F)cc1. The highest BCUT2D eigenvalue weighted by Gasteiger charge is 2.55. The Kier molecular flexibility index (Phi) is 4.76. The number of nitrogens with zero attached hydrogens (tertiary/aromatic N) is 2. The summed E-state index contributed by atoms with van der Waals surface area (Å²) in [6, 6.07) is 16.5. The number of thioether (sulfide) groups is 1. The molecule has 0 aromatic heterocycles. The molecule has 3 atom stereocenters. The summed E-state index contributed by atoms with van der Waals surface area (Å²) < 4.78 is 13.5. The lowest BCUT2D eigenvalue weighted by Gasteiger charge is -2.43. The Bertz CT molecular complexity index is 795. The van der Waals surface area contributed by atoms with Crippen molar-refractivity contribution in [1.29, 1.82) is 0 Å². The monoisotopic (exact) mass is 370 g/mol. The average Bonchev–Trinajstić information content (AvgIpc) is 2.81. The van der Waals surface area contributed by atoms with E-state index in [0.717, 1.165) is 42.2 Å². The molecule has 0 saturated carbocycles. The number of hydrogen-bond donors (Lipinski definition) is 1. The first-order valence-corrected chi connectivity index (χ1v) is 10.00. The zero-order valence-corrected chi connectivity index (χ0v) is 15.6. The number of amidine groups is 1. The molecule has 3 unspecified atom stereocenters. The van der Waals surface area contributed by atoms with Gasteiger partial charge < -0.3 is 10.0 Å². The lowest BCUT2D eigenvalue weighted by molar-refractivity contribution is -0.0736. The summed E-state index contributed by atoms with van der Waals surface area (Å²) in [5.74, 6) is -0.545. The van der Waals surface area contributed by atoms with Crippen LogP contribution in [0.4, 0.5) is 4.39 Å². The molecule has 0 aliphatic carbocycles. The number of fused-ring (bicyclic) bond motifs is 1. The van der Waals surface area contributed by atoms with E-state index in [1.165, 1.54) is 12.1 Å². The van der Waals surface area contributed by atoms with E-state index in [9.17, 15) is 9.50 Å². The summed E-state index contributed by atoms with van der Waals surface area (Å²) in [7, 11) is 0. The fourth-order valence-electron chi connectivity index (χ4n) is 4.01. The number of rotatable bonds is 3. The van der Waals surface area contributed by atoms with Crippen LogP contribution in [0.25, 0.3) is 0 Å². The molecule has 1 saturated heterocycles. The number of benzene rings is 2. The zero-order valence-electron chi connectivity index (χ0n) is 14.8. The lowest BCUT2D eigenvalue weighted by atomic mass is 9.80. The standard InChI is InChI=1S/C21H23FN2OS/c1-15-21(25,24-14-6-5-13-23-20(24)26-15)19(16-7-3-2-4-8-16)17-9-11-18(22)12-10-17/h2-4,7-12,15,19,25H,5-6,13-14H2,1H3. The van der Waals surface area contributed by atoms with Crippen molar-refractivity contribution in [3.8, 4) is 0 Å². The van der Waals surface area contributed by atoms with Gasteiger partial charge in [-0.05, 0) is 43.0 Å². The largest absolute Gasteiger partial charge is 0.369 e. The van der Waals surface area contributed by atoms with Crippen LogP contribution in [0.3, 0.4) is 0 Å². The van der Waals surface area contributed by atoms with Crippen LogP contribution >= 0.6 is 11.8 Å². The van der Waals surface area contributed by atoms with Crippen LogP contribution < -0.4 is 0 Å². The minimum atomic E-state index is -1.10. The molecule has 2 heterocycles. The number of halogens is 1. The number of aliphatic imine (C=N–C) groups is 1. The van der Waals surface area contributed by atoms with Crippen molar-refractivity contribution in [1.82, 2.24) is 4.90 Å². The average molecular weight is 370 g/mol. The van der Waals surface area contributed by atoms with Crippen LogP contribution in [0.15, 0.2) is 59.6 Å². The van der Waals surface area contributed by atoms with E-state index >= 15 is 0 Å². The van der Waals surface area contributed by atoms with Gasteiger partial charge in [-0.15, -0.1) is 0 Å². The maximum absolute atomic E-state index is 13.5. The van der Waals surface area contributed by atoms with Crippen molar-refractivity contribution in [2.45, 2.75) is 36.7 Å². The molecule has 0 spiro atoms. The van der Waals surface area contributed by atoms with Gasteiger partial charge in [0.25, 0.3) is 0 Å². The predicted octanol–water partition coefficient (Wildman–Crippen LogP) is 4.23. The Morgan fingerprint density at radius 1 is 1.12 bits per heavy atom. The third-order valence-corrected chi connectivity index (χ3v) is 6.60. The fraction of sp³-hybridized carbons (Fsp3) is 0.381. The molecule has 2 aromatic carbocycles. The second-order valence-electron chi connectivity index (χ2n) is 6.96. The van der Waals surface area contributed by atoms with E-state index in [1.54, 1.807) is 23.9 Å². The molecule has 0 radical (unpaired) electrons. The van der Waals surface area contributed by atoms with E-state index in [4.69, 9.17) is 4.99 Å². The van der Waals surface area contributed by atoms with Crippen LogP contribution in [0.2, 0.25) is 0 Å². The normalized spacial score (nSPS) is 26.8. The van der Waals surface area contributed by atoms with Gasteiger partial charge in [-0.25, -0.2) is 4.39 Å². The molecule has 1 N–H and O–H groups in total. The molecule has 2 aromatic rings. The van der Waals surface area contributed by atoms with Gasteiger partial charge in [-0.3, -0.25) is 4.99 Å². The molecule has 1 fully saturated rings. The Hall–Kier alpha value is -1.85. The molecule has 136 valence electrons. The van der Waals surface area contributed by atoms with Crippen LogP contribution in [0.5, 0.6) is 0 Å². The highest BCUT2D eigenvalue weighted by molar-refractivity contribution is 8.14. The maximum atomic E-state index is 13.5. The maximum Gasteiger partial charge on any atom is 0.162 e. The van der Waals surface area contributed by atoms with Gasteiger partial charge in [-0.1, -0.05) is 54.2 Å².